The van der Waals surface area contributed by atoms with Crippen LogP contribution in [-0.2, 0) is 35.7 Å². The zero-order chi connectivity index (χ0) is 21.8. The molecule has 0 amide bonds. The molecule has 1 heterocycles. The molecule has 0 aromatic rings. The zero-order valence-corrected chi connectivity index (χ0v) is 24.4. The Morgan fingerprint density at radius 1 is 1.38 bits per heavy atom. The predicted molar refractivity (Wildman–Crippen MR) is 114 cm³/mol. The molecule has 1 radical (unpaired) electrons. The van der Waals surface area contributed by atoms with Gasteiger partial charge in [-0.1, -0.05) is 37.6 Å². The smallest absolute Gasteiger partial charge is 2.00 e. The second-order valence-electron chi connectivity index (χ2n) is 7.26. The minimum atomic E-state index is -1.76. The van der Waals surface area contributed by atoms with E-state index in [4.69, 9.17) is 33.4 Å². The Balaban J connectivity index is 0.000000404. The predicted octanol–water partition coefficient (Wildman–Crippen LogP) is 2.02. The molecule has 0 saturated carbocycles. The Labute approximate surface area is 210 Å². The Morgan fingerprint density at radius 3 is 2.07 bits per heavy atom. The number of halogens is 2. The fourth-order valence-electron chi connectivity index (χ4n) is 2.74. The van der Waals surface area contributed by atoms with E-state index in [0.717, 1.165) is 11.8 Å². The van der Waals surface area contributed by atoms with Crippen molar-refractivity contribution in [3.05, 3.63) is 39.8 Å². The van der Waals surface area contributed by atoms with Gasteiger partial charge in [0.1, 0.15) is 0 Å². The molecule has 29 heavy (non-hydrogen) atoms. The van der Waals surface area contributed by atoms with Gasteiger partial charge in [-0.05, 0) is 6.92 Å². The second kappa shape index (κ2) is 12.6. The molecule has 2 unspecified atom stereocenters. The van der Waals surface area contributed by atoms with Crippen molar-refractivity contribution < 1.29 is 51.1 Å². The summed E-state index contributed by atoms with van der Waals surface area (Å²) in [5, 5.41) is 27.8. The van der Waals surface area contributed by atoms with Gasteiger partial charge >= 0.3 is 96.8 Å². The van der Waals surface area contributed by atoms with E-state index >= 15 is 0 Å². The Kier molecular flexibility index (Phi) is 12.8. The molecule has 161 valence electrons. The summed E-state index contributed by atoms with van der Waals surface area (Å²) in [5.74, 6) is -0.283. The minimum absolute atomic E-state index is 0. The number of allylic oxidation sites excluding steroid dienone is 6. The SMILES string of the molecule is CC1=CC[C-](Cl)C1Cl.CC1=[C-]C(C)C(C)=C1C.O=C1O[C@H](CO)[C@H](O)[C@@]1(O)[GeH2].[Zr+2]. The maximum Gasteiger partial charge on any atom is 2.00 e. The van der Waals surface area contributed by atoms with Crippen LogP contribution in [0.5, 0.6) is 0 Å². The van der Waals surface area contributed by atoms with Crippen LogP contribution >= 0.6 is 23.2 Å². The molecule has 1 fully saturated rings. The van der Waals surface area contributed by atoms with Crippen molar-refractivity contribution in [2.75, 3.05) is 6.61 Å². The standard InChI is InChI=1S/C9H13.C6H7Cl2.C5H9GeO5.Zr/c1-6-5-7(2)9(4)8(6)3;1-4-2-3-5(7)6(4)8;6-5(10)3(8)2(1-7)11-4(5)9;/h6H,1-4H3;2,6H,3H2,1H3;2-3,7-8,10H,1,6H2;/q2*-1;;+2/t;;2-,3+,5+;/m..1./s1. The fraction of sp³-hybridized carbons (Fsp3) is 0.600. The first-order valence-electron chi connectivity index (χ1n) is 9.02. The van der Waals surface area contributed by atoms with Crippen LogP contribution in [0.25, 0.3) is 0 Å². The van der Waals surface area contributed by atoms with Crippen molar-refractivity contribution in [1.82, 2.24) is 0 Å². The van der Waals surface area contributed by atoms with Crippen LogP contribution in [0.2, 0.25) is 0 Å². The summed E-state index contributed by atoms with van der Waals surface area (Å²) in [6.45, 7) is 10.2. The third kappa shape index (κ3) is 7.59. The van der Waals surface area contributed by atoms with Gasteiger partial charge in [0.25, 0.3) is 0 Å². The molecule has 0 bridgehead atoms. The number of rotatable bonds is 1. The maximum atomic E-state index is 10.8. The van der Waals surface area contributed by atoms with E-state index in [1.807, 2.05) is 6.92 Å². The van der Waals surface area contributed by atoms with E-state index in [0.29, 0.717) is 5.92 Å². The molecule has 5 atom stereocenters. The van der Waals surface area contributed by atoms with Crippen LogP contribution in [0.3, 0.4) is 0 Å². The molecule has 3 N–H and O–H groups in total. The first-order valence-corrected chi connectivity index (χ1v) is 11.3. The van der Waals surface area contributed by atoms with Crippen molar-refractivity contribution in [2.24, 2.45) is 5.92 Å². The molecule has 5 nitrogen and oxygen atoms in total. The number of hydrogen-bond donors (Lipinski definition) is 3. The van der Waals surface area contributed by atoms with Gasteiger partial charge in [-0.3, -0.25) is 6.08 Å². The number of aliphatic hydroxyl groups excluding tert-OH is 2. The van der Waals surface area contributed by atoms with Gasteiger partial charge in [0.05, 0.1) is 0 Å². The van der Waals surface area contributed by atoms with Gasteiger partial charge in [0.2, 0.25) is 0 Å². The summed E-state index contributed by atoms with van der Waals surface area (Å²) in [5.41, 5.74) is 5.42. The van der Waals surface area contributed by atoms with Crippen LogP contribution in [0.4, 0.5) is 0 Å². The van der Waals surface area contributed by atoms with Crippen LogP contribution in [0.15, 0.2) is 28.4 Å². The number of hydrogen-bond acceptors (Lipinski definition) is 5. The summed E-state index contributed by atoms with van der Waals surface area (Å²) in [7, 11) is 0. The van der Waals surface area contributed by atoms with Crippen molar-refractivity contribution in [2.45, 2.75) is 63.1 Å². The molecule has 1 saturated heterocycles. The van der Waals surface area contributed by atoms with Crippen molar-refractivity contribution in [3.8, 4) is 0 Å². The maximum absolute atomic E-state index is 10.8. The Hall–Kier alpha value is 0.576. The Morgan fingerprint density at radius 2 is 1.93 bits per heavy atom. The average molecular weight is 584 g/mol. The van der Waals surface area contributed by atoms with E-state index in [9.17, 15) is 9.90 Å². The molecule has 0 aromatic heterocycles. The van der Waals surface area contributed by atoms with Gasteiger partial charge < -0.3 is 11.6 Å². The second-order valence-corrected chi connectivity index (χ2v) is 10.4. The number of carbonyl (C=O) groups is 1. The van der Waals surface area contributed by atoms with E-state index in [1.54, 1.807) is 0 Å². The van der Waals surface area contributed by atoms with E-state index in [2.05, 4.69) is 44.6 Å². The molecule has 3 aliphatic rings. The number of aliphatic hydroxyl groups is 3. The number of alkyl halides is 1. The Bertz CT molecular complexity index is 678. The summed E-state index contributed by atoms with van der Waals surface area (Å²) in [4.78, 5) is 10.8. The first-order chi connectivity index (χ1) is 12.8. The van der Waals surface area contributed by atoms with Crippen molar-refractivity contribution in [3.63, 3.8) is 0 Å². The van der Waals surface area contributed by atoms with Gasteiger partial charge in [-0.15, -0.1) is 19.4 Å². The zero-order valence-electron chi connectivity index (χ0n) is 17.4. The summed E-state index contributed by atoms with van der Waals surface area (Å²) in [6.07, 6.45) is 4.00. The fourth-order valence-corrected chi connectivity index (χ4v) is 3.90. The van der Waals surface area contributed by atoms with Crippen LogP contribution in [0, 0.1) is 17.4 Å². The minimum Gasteiger partial charge on any atom is 2.00 e. The van der Waals surface area contributed by atoms with E-state index in [1.165, 1.54) is 22.3 Å². The third-order valence-corrected chi connectivity index (χ3v) is 7.74. The summed E-state index contributed by atoms with van der Waals surface area (Å²) in [6, 6.07) is 0. The topological polar surface area (TPSA) is 87.0 Å². The molecule has 1 aliphatic heterocycles. The largest absolute Gasteiger partial charge is 2.00 e. The van der Waals surface area contributed by atoms with Crippen molar-refractivity contribution in [1.29, 1.82) is 0 Å². The van der Waals surface area contributed by atoms with Crippen molar-refractivity contribution >= 4 is 45.7 Å². The number of esters is 1. The van der Waals surface area contributed by atoms with Crippen LogP contribution in [-0.4, -0.2) is 66.4 Å². The summed E-state index contributed by atoms with van der Waals surface area (Å²) >= 11 is 11.7. The molecule has 2 aliphatic carbocycles. The summed E-state index contributed by atoms with van der Waals surface area (Å²) < 4.78 is 2.72. The van der Waals surface area contributed by atoms with Gasteiger partial charge in [-0.2, -0.15) is 22.7 Å². The molecule has 9 heteroatoms. The molecule has 3 rings (SSSR count). The average Bonchev–Trinajstić information content (AvgIpc) is 3.14. The number of carbonyl (C=O) groups excluding carboxylic acids is 1. The number of cyclic esters (lactones) is 1. The normalized spacial score (nSPS) is 33.7. The number of ether oxygens (including phenoxy) is 1. The molecular formula is C20H29Cl2GeO5Zr. The monoisotopic (exact) mass is 583 g/mol. The van der Waals surface area contributed by atoms with Crippen LogP contribution < -0.4 is 0 Å². The molecule has 0 aromatic carbocycles. The van der Waals surface area contributed by atoms with Gasteiger partial charge in [-0.25, -0.2) is 11.0 Å². The first kappa shape index (κ1) is 29.6. The van der Waals surface area contributed by atoms with Gasteiger partial charge in [0.15, 0.2) is 0 Å². The van der Waals surface area contributed by atoms with E-state index in [-0.39, 0.29) is 48.1 Å². The van der Waals surface area contributed by atoms with E-state index < -0.39 is 29.2 Å². The quantitative estimate of drug-likeness (QED) is 0.145. The third-order valence-electron chi connectivity index (χ3n) is 5.16. The molecule has 0 spiro atoms. The van der Waals surface area contributed by atoms with Gasteiger partial charge in [0, 0.05) is 0 Å². The van der Waals surface area contributed by atoms with Crippen LogP contribution in [0.1, 0.15) is 41.0 Å². The molecular weight excluding hydrogens is 555 g/mol.